The van der Waals surface area contributed by atoms with Gasteiger partial charge in [0.25, 0.3) is 0 Å². The lowest BCUT2D eigenvalue weighted by molar-refractivity contribution is -0.172. The Kier molecular flexibility index (Phi) is 5.56. The van der Waals surface area contributed by atoms with E-state index in [9.17, 15) is 20.1 Å². The summed E-state index contributed by atoms with van der Waals surface area (Å²) >= 11 is 0. The second-order valence-corrected chi connectivity index (χ2v) is 6.39. The van der Waals surface area contributed by atoms with Crippen molar-refractivity contribution in [1.82, 2.24) is 0 Å². The molecule has 2 bridgehead atoms. The van der Waals surface area contributed by atoms with Gasteiger partial charge in [0.1, 0.15) is 0 Å². The van der Waals surface area contributed by atoms with Crippen molar-refractivity contribution in [2.45, 2.75) is 40.5 Å². The molecule has 1 fully saturated rings. The first kappa shape index (κ1) is 19.7. The number of nitrogens with zero attached hydrogens (tertiary/aromatic N) is 2. The number of nitriles is 2. The van der Waals surface area contributed by atoms with Crippen LogP contribution >= 0.6 is 0 Å². The van der Waals surface area contributed by atoms with Crippen molar-refractivity contribution in [3.8, 4) is 12.1 Å². The van der Waals surface area contributed by atoms with E-state index >= 15 is 0 Å². The molecule has 6 nitrogen and oxygen atoms in total. The Morgan fingerprint density at radius 2 is 1.31 bits per heavy atom. The SMILES string of the molecule is CCOC(=O)C1(C#N)[C@@H]2C=C[C@@H](C2=C(CC)CC)C1(C#N)C(=O)OCC. The Bertz CT molecular complexity index is 695. The highest BCUT2D eigenvalue weighted by Gasteiger charge is 2.78. The van der Waals surface area contributed by atoms with Crippen LogP contribution in [0.2, 0.25) is 0 Å². The van der Waals surface area contributed by atoms with Gasteiger partial charge in [-0.05, 0) is 26.7 Å². The fraction of sp³-hybridized carbons (Fsp3) is 0.600. The molecule has 2 unspecified atom stereocenters. The molecule has 0 aliphatic heterocycles. The van der Waals surface area contributed by atoms with Crippen LogP contribution in [-0.2, 0) is 19.1 Å². The molecule has 138 valence electrons. The number of ether oxygens (including phenoxy) is 2. The minimum absolute atomic E-state index is 0.0567. The third-order valence-electron chi connectivity index (χ3n) is 5.53. The number of fused-ring (bicyclic) bond motifs is 2. The summed E-state index contributed by atoms with van der Waals surface area (Å²) in [4.78, 5) is 25.9. The molecule has 0 radical (unpaired) electrons. The summed E-state index contributed by atoms with van der Waals surface area (Å²) in [6.07, 6.45) is 4.96. The molecule has 0 aromatic rings. The summed E-state index contributed by atoms with van der Waals surface area (Å²) in [6.45, 7) is 7.35. The minimum Gasteiger partial charge on any atom is -0.465 e. The lowest BCUT2D eigenvalue weighted by Crippen LogP contribution is -2.55. The fourth-order valence-corrected chi connectivity index (χ4v) is 4.44. The summed E-state index contributed by atoms with van der Waals surface area (Å²) in [5.41, 5.74) is -2.00. The molecular weight excluding hydrogens is 332 g/mol. The Labute approximate surface area is 154 Å². The standard InChI is InChI=1S/C20H24N2O4/c1-5-13(6-2)16-14-9-10-15(16)20(12-22,18(24)26-8-4)19(14,11-21)17(23)25-7-3/h9-10,14-15H,5-8H2,1-4H3/t14-,15+,19?,20?. The van der Waals surface area contributed by atoms with E-state index in [1.807, 2.05) is 26.0 Å². The lowest BCUT2D eigenvalue weighted by Gasteiger charge is -2.37. The van der Waals surface area contributed by atoms with Crippen LogP contribution in [0.4, 0.5) is 0 Å². The molecule has 1 saturated carbocycles. The number of hydrogen-bond donors (Lipinski definition) is 0. The Hall–Kier alpha value is -2.60. The third kappa shape index (κ3) is 2.22. The monoisotopic (exact) mass is 356 g/mol. The van der Waals surface area contributed by atoms with Gasteiger partial charge < -0.3 is 9.47 Å². The van der Waals surface area contributed by atoms with Crippen molar-refractivity contribution >= 4 is 11.9 Å². The normalized spacial score (nSPS) is 31.2. The maximum absolute atomic E-state index is 13.0. The summed E-state index contributed by atoms with van der Waals surface area (Å²) in [5, 5.41) is 20.2. The fourth-order valence-electron chi connectivity index (χ4n) is 4.44. The Balaban J connectivity index is 2.87. The predicted molar refractivity (Wildman–Crippen MR) is 93.1 cm³/mol. The quantitative estimate of drug-likeness (QED) is 0.535. The number of carbonyl (C=O) groups excluding carboxylic acids is 2. The maximum Gasteiger partial charge on any atom is 0.329 e. The number of rotatable bonds is 6. The summed E-state index contributed by atoms with van der Waals surface area (Å²) in [6, 6.07) is 4.05. The number of hydrogen-bond acceptors (Lipinski definition) is 6. The highest BCUT2D eigenvalue weighted by atomic mass is 16.5. The second-order valence-electron chi connectivity index (χ2n) is 6.39. The van der Waals surface area contributed by atoms with Crippen molar-refractivity contribution in [1.29, 1.82) is 10.5 Å². The molecule has 0 amide bonds. The van der Waals surface area contributed by atoms with Crippen LogP contribution in [0.1, 0.15) is 40.5 Å². The lowest BCUT2D eigenvalue weighted by atomic mass is 9.59. The van der Waals surface area contributed by atoms with E-state index in [1.54, 1.807) is 26.0 Å². The van der Waals surface area contributed by atoms with Gasteiger partial charge in [0, 0.05) is 11.8 Å². The van der Waals surface area contributed by atoms with Crippen LogP contribution in [0.5, 0.6) is 0 Å². The largest absolute Gasteiger partial charge is 0.465 e. The molecule has 0 aromatic carbocycles. The van der Waals surface area contributed by atoms with Crippen LogP contribution < -0.4 is 0 Å². The van der Waals surface area contributed by atoms with Gasteiger partial charge in [-0.2, -0.15) is 10.5 Å². The summed E-state index contributed by atoms with van der Waals surface area (Å²) in [7, 11) is 0. The Morgan fingerprint density at radius 3 is 1.58 bits per heavy atom. The molecule has 0 heterocycles. The predicted octanol–water partition coefficient (Wildman–Crippen LogP) is 3.06. The molecule has 26 heavy (non-hydrogen) atoms. The average Bonchev–Trinajstić information content (AvgIpc) is 3.16. The van der Waals surface area contributed by atoms with Crippen LogP contribution in [0.15, 0.2) is 23.3 Å². The van der Waals surface area contributed by atoms with Gasteiger partial charge in [-0.25, -0.2) is 0 Å². The van der Waals surface area contributed by atoms with E-state index in [2.05, 4.69) is 0 Å². The van der Waals surface area contributed by atoms with Gasteiger partial charge in [0.2, 0.25) is 0 Å². The topological polar surface area (TPSA) is 100 Å². The minimum atomic E-state index is -1.94. The van der Waals surface area contributed by atoms with Crippen molar-refractivity contribution in [2.75, 3.05) is 13.2 Å². The maximum atomic E-state index is 13.0. The summed E-state index contributed by atoms with van der Waals surface area (Å²) < 4.78 is 10.4. The molecule has 2 aliphatic carbocycles. The van der Waals surface area contributed by atoms with Gasteiger partial charge >= 0.3 is 11.9 Å². The molecule has 0 saturated heterocycles. The smallest absolute Gasteiger partial charge is 0.329 e. The third-order valence-corrected chi connectivity index (χ3v) is 5.53. The van der Waals surface area contributed by atoms with Crippen molar-refractivity contribution in [3.63, 3.8) is 0 Å². The zero-order valence-electron chi connectivity index (χ0n) is 15.7. The van der Waals surface area contributed by atoms with Gasteiger partial charge in [0.15, 0.2) is 10.8 Å². The van der Waals surface area contributed by atoms with Gasteiger partial charge in [-0.15, -0.1) is 0 Å². The van der Waals surface area contributed by atoms with E-state index < -0.39 is 34.6 Å². The molecule has 0 N–H and O–H groups in total. The highest BCUT2D eigenvalue weighted by molar-refractivity contribution is 5.97. The van der Waals surface area contributed by atoms with E-state index in [0.29, 0.717) is 0 Å². The average molecular weight is 356 g/mol. The van der Waals surface area contributed by atoms with Crippen LogP contribution in [0.3, 0.4) is 0 Å². The molecule has 6 heteroatoms. The van der Waals surface area contributed by atoms with E-state index in [4.69, 9.17) is 9.47 Å². The van der Waals surface area contributed by atoms with E-state index in [-0.39, 0.29) is 13.2 Å². The van der Waals surface area contributed by atoms with Crippen molar-refractivity contribution < 1.29 is 19.1 Å². The number of esters is 2. The van der Waals surface area contributed by atoms with E-state index in [1.165, 1.54) is 0 Å². The molecule has 2 rings (SSSR count). The van der Waals surface area contributed by atoms with Gasteiger partial charge in [-0.3, -0.25) is 9.59 Å². The molecule has 2 aliphatic rings. The number of allylic oxidation sites excluding steroid dienone is 4. The van der Waals surface area contributed by atoms with Crippen molar-refractivity contribution in [2.24, 2.45) is 22.7 Å². The molecule has 0 spiro atoms. The number of carbonyl (C=O) groups is 2. The molecule has 4 atom stereocenters. The zero-order chi connectivity index (χ0) is 19.5. The van der Waals surface area contributed by atoms with Crippen LogP contribution in [-0.4, -0.2) is 25.2 Å². The van der Waals surface area contributed by atoms with Gasteiger partial charge in [-0.1, -0.05) is 37.1 Å². The molecular formula is C20H24N2O4. The first-order chi connectivity index (χ1) is 12.5. The van der Waals surface area contributed by atoms with Crippen LogP contribution in [0, 0.1) is 45.3 Å². The second kappa shape index (κ2) is 7.33. The first-order valence-corrected chi connectivity index (χ1v) is 9.03. The highest BCUT2D eigenvalue weighted by Crippen LogP contribution is 2.67. The molecule has 0 aromatic heterocycles. The van der Waals surface area contributed by atoms with E-state index in [0.717, 1.165) is 24.0 Å². The first-order valence-electron chi connectivity index (χ1n) is 9.03. The van der Waals surface area contributed by atoms with Crippen molar-refractivity contribution in [3.05, 3.63) is 23.3 Å². The van der Waals surface area contributed by atoms with Crippen LogP contribution in [0.25, 0.3) is 0 Å². The zero-order valence-corrected chi connectivity index (χ0v) is 15.7. The Morgan fingerprint density at radius 1 is 0.923 bits per heavy atom. The summed E-state index contributed by atoms with van der Waals surface area (Å²) in [5.74, 6) is -2.98. The van der Waals surface area contributed by atoms with Gasteiger partial charge in [0.05, 0.1) is 25.4 Å².